The Morgan fingerprint density at radius 2 is 2.14 bits per heavy atom. The van der Waals surface area contributed by atoms with Crippen molar-refractivity contribution in [2.24, 2.45) is 0 Å². The van der Waals surface area contributed by atoms with Crippen LogP contribution in [-0.4, -0.2) is 16.2 Å². The van der Waals surface area contributed by atoms with E-state index < -0.39 is 5.97 Å². The van der Waals surface area contributed by atoms with Gasteiger partial charge in [-0.3, -0.25) is 4.79 Å². The lowest BCUT2D eigenvalue weighted by Crippen LogP contribution is -2.01. The maximum absolute atomic E-state index is 10.4. The summed E-state index contributed by atoms with van der Waals surface area (Å²) in [6.45, 7) is -0.116. The minimum absolute atomic E-state index is 0.0245. The maximum atomic E-state index is 10.4. The van der Waals surface area contributed by atoms with Crippen molar-refractivity contribution in [2.45, 2.75) is 19.4 Å². The molecule has 2 N–H and O–H groups in total. The number of aliphatic hydroxyl groups excluding tert-OH is 1. The van der Waals surface area contributed by atoms with Gasteiger partial charge in [0.25, 0.3) is 0 Å². The topological polar surface area (TPSA) is 57.5 Å². The second-order valence-electron chi connectivity index (χ2n) is 2.93. The van der Waals surface area contributed by atoms with Gasteiger partial charge in [-0.2, -0.15) is 0 Å². The largest absolute Gasteiger partial charge is 0.481 e. The molecule has 76 valence electrons. The number of aliphatic carboxylic acids is 1. The normalized spacial score (nSPS) is 10.1. The standard InChI is InChI=1S/C10H11ClO3/c11-9-3-1-2-7(6-12)8(9)4-5-10(13)14/h1-3,12H,4-6H2,(H,13,14). The summed E-state index contributed by atoms with van der Waals surface area (Å²) in [5, 5.41) is 18.0. The molecule has 1 aromatic carbocycles. The number of halogens is 1. The van der Waals surface area contributed by atoms with Gasteiger partial charge in [0.15, 0.2) is 0 Å². The zero-order valence-corrected chi connectivity index (χ0v) is 8.29. The Balaban J connectivity index is 2.87. The van der Waals surface area contributed by atoms with Crippen molar-refractivity contribution in [1.82, 2.24) is 0 Å². The molecule has 0 heterocycles. The number of rotatable bonds is 4. The van der Waals surface area contributed by atoms with Gasteiger partial charge in [0.2, 0.25) is 0 Å². The number of carboxylic acids is 1. The molecule has 4 heteroatoms. The van der Waals surface area contributed by atoms with Crippen molar-refractivity contribution in [3.8, 4) is 0 Å². The molecule has 0 aliphatic rings. The summed E-state index contributed by atoms with van der Waals surface area (Å²) in [7, 11) is 0. The third kappa shape index (κ3) is 2.72. The van der Waals surface area contributed by atoms with Gasteiger partial charge in [-0.05, 0) is 23.6 Å². The third-order valence-electron chi connectivity index (χ3n) is 1.98. The van der Waals surface area contributed by atoms with Crippen LogP contribution in [0.2, 0.25) is 5.02 Å². The molecule has 0 bridgehead atoms. The summed E-state index contributed by atoms with van der Waals surface area (Å²) >= 11 is 5.89. The first kappa shape index (κ1) is 11.0. The summed E-state index contributed by atoms with van der Waals surface area (Å²) in [5.41, 5.74) is 1.41. The molecule has 0 radical (unpaired) electrons. The molecule has 0 atom stereocenters. The second kappa shape index (κ2) is 4.98. The van der Waals surface area contributed by atoms with Gasteiger partial charge in [-0.1, -0.05) is 23.7 Å². The van der Waals surface area contributed by atoms with Crippen LogP contribution in [0.15, 0.2) is 18.2 Å². The van der Waals surface area contributed by atoms with Gasteiger partial charge in [-0.15, -0.1) is 0 Å². The molecular weight excluding hydrogens is 204 g/mol. The van der Waals surface area contributed by atoms with Crippen molar-refractivity contribution < 1.29 is 15.0 Å². The number of benzene rings is 1. The fourth-order valence-corrected chi connectivity index (χ4v) is 1.55. The van der Waals surface area contributed by atoms with E-state index in [1.54, 1.807) is 18.2 Å². The third-order valence-corrected chi connectivity index (χ3v) is 2.33. The first-order valence-electron chi connectivity index (χ1n) is 4.24. The van der Waals surface area contributed by atoms with Crippen LogP contribution < -0.4 is 0 Å². The van der Waals surface area contributed by atoms with E-state index in [-0.39, 0.29) is 13.0 Å². The smallest absolute Gasteiger partial charge is 0.303 e. The summed E-state index contributed by atoms with van der Waals surface area (Å²) in [6.07, 6.45) is 0.377. The SMILES string of the molecule is O=C(O)CCc1c(Cl)cccc1CO. The van der Waals surface area contributed by atoms with E-state index in [1.165, 1.54) is 0 Å². The number of aliphatic hydroxyl groups is 1. The maximum Gasteiger partial charge on any atom is 0.303 e. The first-order chi connectivity index (χ1) is 6.65. The summed E-state index contributed by atoms with van der Waals surface area (Å²) in [4.78, 5) is 10.4. The predicted octanol–water partition coefficient (Wildman–Crippen LogP) is 1.85. The zero-order chi connectivity index (χ0) is 10.6. The van der Waals surface area contributed by atoms with Crippen molar-refractivity contribution in [1.29, 1.82) is 0 Å². The monoisotopic (exact) mass is 214 g/mol. The highest BCUT2D eigenvalue weighted by molar-refractivity contribution is 6.31. The quantitative estimate of drug-likeness (QED) is 0.804. The molecule has 0 aliphatic heterocycles. The van der Waals surface area contributed by atoms with Crippen LogP contribution in [0, 0.1) is 0 Å². The van der Waals surface area contributed by atoms with Crippen LogP contribution in [0.5, 0.6) is 0 Å². The molecule has 0 fully saturated rings. The van der Waals surface area contributed by atoms with Gasteiger partial charge in [0, 0.05) is 11.4 Å². The lowest BCUT2D eigenvalue weighted by atomic mass is 10.0. The number of hydrogen-bond acceptors (Lipinski definition) is 2. The van der Waals surface area contributed by atoms with Crippen LogP contribution >= 0.6 is 11.6 Å². The lowest BCUT2D eigenvalue weighted by molar-refractivity contribution is -0.136. The van der Waals surface area contributed by atoms with Crippen LogP contribution in [0.4, 0.5) is 0 Å². The second-order valence-corrected chi connectivity index (χ2v) is 3.34. The van der Waals surface area contributed by atoms with Gasteiger partial charge >= 0.3 is 5.97 Å². The van der Waals surface area contributed by atoms with E-state index in [0.29, 0.717) is 17.0 Å². The van der Waals surface area contributed by atoms with E-state index in [4.69, 9.17) is 21.8 Å². The number of carbonyl (C=O) groups is 1. The highest BCUT2D eigenvalue weighted by atomic mass is 35.5. The highest BCUT2D eigenvalue weighted by Crippen LogP contribution is 2.21. The van der Waals surface area contributed by atoms with Gasteiger partial charge in [0.1, 0.15) is 0 Å². The van der Waals surface area contributed by atoms with Crippen molar-refractivity contribution in [2.75, 3.05) is 0 Å². The van der Waals surface area contributed by atoms with Crippen molar-refractivity contribution in [3.63, 3.8) is 0 Å². The minimum Gasteiger partial charge on any atom is -0.481 e. The Morgan fingerprint density at radius 3 is 2.71 bits per heavy atom. The Hall–Kier alpha value is -1.06. The molecule has 0 spiro atoms. The van der Waals surface area contributed by atoms with Gasteiger partial charge in [-0.25, -0.2) is 0 Å². The summed E-state index contributed by atoms with van der Waals surface area (Å²) in [5.74, 6) is -0.867. The lowest BCUT2D eigenvalue weighted by Gasteiger charge is -2.07. The Bertz CT molecular complexity index is 336. The average Bonchev–Trinajstić information content (AvgIpc) is 2.15. The Morgan fingerprint density at radius 1 is 1.43 bits per heavy atom. The average molecular weight is 215 g/mol. The molecule has 1 aromatic rings. The van der Waals surface area contributed by atoms with Crippen LogP contribution in [0.1, 0.15) is 17.5 Å². The molecule has 0 saturated carbocycles. The molecule has 0 unspecified atom stereocenters. The molecule has 0 aliphatic carbocycles. The minimum atomic E-state index is -0.867. The van der Waals surface area contributed by atoms with E-state index in [2.05, 4.69) is 0 Å². The molecule has 0 aromatic heterocycles. The predicted molar refractivity (Wildman–Crippen MR) is 53.3 cm³/mol. The van der Waals surface area contributed by atoms with Crippen LogP contribution in [-0.2, 0) is 17.8 Å². The van der Waals surface area contributed by atoms with Gasteiger partial charge in [0.05, 0.1) is 6.61 Å². The van der Waals surface area contributed by atoms with Crippen molar-refractivity contribution in [3.05, 3.63) is 34.3 Å². The van der Waals surface area contributed by atoms with Crippen LogP contribution in [0.3, 0.4) is 0 Å². The number of carboxylic acid groups (broad SMARTS) is 1. The van der Waals surface area contributed by atoms with Gasteiger partial charge < -0.3 is 10.2 Å². The van der Waals surface area contributed by atoms with Crippen molar-refractivity contribution >= 4 is 17.6 Å². The molecule has 0 amide bonds. The molecular formula is C10H11ClO3. The summed E-state index contributed by atoms with van der Waals surface area (Å²) < 4.78 is 0. The molecule has 14 heavy (non-hydrogen) atoms. The molecule has 3 nitrogen and oxygen atoms in total. The number of hydrogen-bond donors (Lipinski definition) is 2. The summed E-state index contributed by atoms with van der Waals surface area (Å²) in [6, 6.07) is 5.17. The highest BCUT2D eigenvalue weighted by Gasteiger charge is 2.07. The fraction of sp³-hybridized carbons (Fsp3) is 0.300. The van der Waals surface area contributed by atoms with E-state index in [1.807, 2.05) is 0 Å². The Kier molecular flexibility index (Phi) is 3.92. The Labute approximate surface area is 86.9 Å². The zero-order valence-electron chi connectivity index (χ0n) is 7.53. The molecule has 1 rings (SSSR count). The van der Waals surface area contributed by atoms with E-state index >= 15 is 0 Å². The molecule has 0 saturated heterocycles. The van der Waals surface area contributed by atoms with E-state index in [9.17, 15) is 4.79 Å². The fourth-order valence-electron chi connectivity index (χ4n) is 1.26. The van der Waals surface area contributed by atoms with E-state index in [0.717, 1.165) is 5.56 Å². The first-order valence-corrected chi connectivity index (χ1v) is 4.62. The van der Waals surface area contributed by atoms with Crippen LogP contribution in [0.25, 0.3) is 0 Å².